The molecule has 0 aromatic carbocycles. The second-order valence-electron chi connectivity index (χ2n) is 3.98. The quantitative estimate of drug-likeness (QED) is 0.793. The number of anilines is 1. The lowest BCUT2D eigenvalue weighted by Crippen LogP contribution is -2.33. The largest absolute Gasteiger partial charge is 0.376 e. The van der Waals surface area contributed by atoms with Crippen molar-refractivity contribution in [2.45, 2.75) is 25.9 Å². The van der Waals surface area contributed by atoms with Crippen LogP contribution in [0.25, 0.3) is 0 Å². The molecule has 2 heterocycles. The molecular formula is C11H15Cl2N3O. The molecule has 0 saturated carbocycles. The minimum atomic E-state index is 0.218. The average molecular weight is 276 g/mol. The smallest absolute Gasteiger partial charge is 0.224 e. The molecule has 17 heavy (non-hydrogen) atoms. The fraction of sp³-hybridized carbons (Fsp3) is 0.636. The van der Waals surface area contributed by atoms with Gasteiger partial charge in [-0.1, -0.05) is 11.6 Å². The average Bonchev–Trinajstić information content (AvgIpc) is 2.82. The molecule has 0 amide bonds. The first-order valence-electron chi connectivity index (χ1n) is 5.75. The SMILES string of the molecule is CCN(CC1CCCO1)c1nc(Cl)ncc1Cl. The highest BCUT2D eigenvalue weighted by Crippen LogP contribution is 2.25. The molecule has 0 radical (unpaired) electrons. The predicted molar refractivity (Wildman–Crippen MR) is 68.9 cm³/mol. The summed E-state index contributed by atoms with van der Waals surface area (Å²) in [6.45, 7) is 4.51. The molecular weight excluding hydrogens is 261 g/mol. The van der Waals surface area contributed by atoms with Crippen LogP contribution in [0.4, 0.5) is 5.82 Å². The van der Waals surface area contributed by atoms with E-state index in [4.69, 9.17) is 27.9 Å². The van der Waals surface area contributed by atoms with Gasteiger partial charge in [0.15, 0.2) is 5.82 Å². The van der Waals surface area contributed by atoms with E-state index < -0.39 is 0 Å². The Morgan fingerprint density at radius 1 is 1.53 bits per heavy atom. The van der Waals surface area contributed by atoms with Crippen LogP contribution in [0.15, 0.2) is 6.20 Å². The number of nitrogens with zero attached hydrogens (tertiary/aromatic N) is 3. The topological polar surface area (TPSA) is 38.2 Å². The summed E-state index contributed by atoms with van der Waals surface area (Å²) in [6.07, 6.45) is 4.01. The van der Waals surface area contributed by atoms with Gasteiger partial charge < -0.3 is 9.64 Å². The van der Waals surface area contributed by atoms with Crippen molar-refractivity contribution >= 4 is 29.0 Å². The zero-order valence-electron chi connectivity index (χ0n) is 9.70. The van der Waals surface area contributed by atoms with Crippen LogP contribution in [0, 0.1) is 0 Å². The Labute approximate surface area is 111 Å². The number of aromatic nitrogens is 2. The molecule has 0 N–H and O–H groups in total. The molecule has 94 valence electrons. The van der Waals surface area contributed by atoms with Crippen molar-refractivity contribution in [1.82, 2.24) is 9.97 Å². The molecule has 1 aromatic rings. The summed E-state index contributed by atoms with van der Waals surface area (Å²) in [5.74, 6) is 0.685. The van der Waals surface area contributed by atoms with Crippen LogP contribution in [-0.4, -0.2) is 35.8 Å². The molecule has 1 aromatic heterocycles. The Kier molecular flexibility index (Phi) is 4.42. The Hall–Kier alpha value is -0.580. The van der Waals surface area contributed by atoms with E-state index in [1.165, 1.54) is 6.20 Å². The van der Waals surface area contributed by atoms with Gasteiger partial charge >= 0.3 is 0 Å². The number of hydrogen-bond acceptors (Lipinski definition) is 4. The van der Waals surface area contributed by atoms with Gasteiger partial charge in [0, 0.05) is 19.7 Å². The van der Waals surface area contributed by atoms with Gasteiger partial charge in [0.05, 0.1) is 12.3 Å². The van der Waals surface area contributed by atoms with Gasteiger partial charge in [-0.2, -0.15) is 4.98 Å². The molecule has 0 spiro atoms. The van der Waals surface area contributed by atoms with Gasteiger partial charge in [-0.15, -0.1) is 0 Å². The van der Waals surface area contributed by atoms with Crippen LogP contribution in [0.3, 0.4) is 0 Å². The molecule has 6 heteroatoms. The summed E-state index contributed by atoms with van der Waals surface area (Å²) in [6, 6.07) is 0. The molecule has 1 atom stereocenters. The number of halogens is 2. The first-order valence-corrected chi connectivity index (χ1v) is 6.51. The van der Waals surface area contributed by atoms with Gasteiger partial charge in [-0.3, -0.25) is 0 Å². The standard InChI is InChI=1S/C11H15Cl2N3O/c1-2-16(7-8-4-3-5-17-8)10-9(12)6-14-11(13)15-10/h6,8H,2-5,7H2,1H3. The highest BCUT2D eigenvalue weighted by Gasteiger charge is 2.21. The first kappa shape index (κ1) is 12.9. The molecule has 1 aliphatic rings. The van der Waals surface area contributed by atoms with Crippen molar-refractivity contribution in [3.8, 4) is 0 Å². The number of likely N-dealkylation sites (N-methyl/N-ethyl adjacent to an activating group) is 1. The van der Waals surface area contributed by atoms with Gasteiger partial charge in [-0.25, -0.2) is 4.98 Å². The summed E-state index contributed by atoms with van der Waals surface area (Å²) in [4.78, 5) is 10.1. The Balaban J connectivity index is 2.13. The number of rotatable bonds is 4. The third-order valence-electron chi connectivity index (χ3n) is 2.83. The maximum absolute atomic E-state index is 6.09. The van der Waals surface area contributed by atoms with Crippen LogP contribution in [0.5, 0.6) is 0 Å². The minimum absolute atomic E-state index is 0.218. The van der Waals surface area contributed by atoms with E-state index in [9.17, 15) is 0 Å². The summed E-state index contributed by atoms with van der Waals surface area (Å²) in [7, 11) is 0. The molecule has 1 aliphatic heterocycles. The van der Waals surface area contributed by atoms with Crippen molar-refractivity contribution in [3.05, 3.63) is 16.5 Å². The van der Waals surface area contributed by atoms with Crippen LogP contribution in [0.1, 0.15) is 19.8 Å². The third-order valence-corrected chi connectivity index (χ3v) is 3.27. The zero-order chi connectivity index (χ0) is 12.3. The molecule has 0 aliphatic carbocycles. The summed E-state index contributed by atoms with van der Waals surface area (Å²) < 4.78 is 5.62. The Morgan fingerprint density at radius 3 is 3.00 bits per heavy atom. The third kappa shape index (κ3) is 3.21. The van der Waals surface area contributed by atoms with Crippen molar-refractivity contribution in [1.29, 1.82) is 0 Å². The molecule has 1 saturated heterocycles. The van der Waals surface area contributed by atoms with E-state index in [-0.39, 0.29) is 11.4 Å². The van der Waals surface area contributed by atoms with Crippen LogP contribution >= 0.6 is 23.2 Å². The summed E-state index contributed by atoms with van der Waals surface area (Å²) in [5.41, 5.74) is 0. The fourth-order valence-electron chi connectivity index (χ4n) is 1.96. The molecule has 1 fully saturated rings. The number of hydrogen-bond donors (Lipinski definition) is 0. The van der Waals surface area contributed by atoms with Gasteiger partial charge in [-0.05, 0) is 31.4 Å². The van der Waals surface area contributed by atoms with E-state index in [0.29, 0.717) is 10.8 Å². The fourth-order valence-corrected chi connectivity index (χ4v) is 2.30. The lowest BCUT2D eigenvalue weighted by Gasteiger charge is -2.25. The summed E-state index contributed by atoms with van der Waals surface area (Å²) >= 11 is 11.9. The van der Waals surface area contributed by atoms with E-state index >= 15 is 0 Å². The predicted octanol–water partition coefficient (Wildman–Crippen LogP) is 2.79. The minimum Gasteiger partial charge on any atom is -0.376 e. The molecule has 1 unspecified atom stereocenters. The van der Waals surface area contributed by atoms with Crippen molar-refractivity contribution in [2.24, 2.45) is 0 Å². The maximum Gasteiger partial charge on any atom is 0.224 e. The van der Waals surface area contributed by atoms with E-state index in [0.717, 1.165) is 32.5 Å². The van der Waals surface area contributed by atoms with E-state index in [1.807, 2.05) is 0 Å². The Bertz CT molecular complexity index is 383. The molecule has 0 bridgehead atoms. The van der Waals surface area contributed by atoms with Crippen LogP contribution in [0.2, 0.25) is 10.3 Å². The summed E-state index contributed by atoms with van der Waals surface area (Å²) in [5, 5.41) is 0.740. The van der Waals surface area contributed by atoms with Gasteiger partial charge in [0.2, 0.25) is 5.28 Å². The zero-order valence-corrected chi connectivity index (χ0v) is 11.2. The second-order valence-corrected chi connectivity index (χ2v) is 4.73. The van der Waals surface area contributed by atoms with E-state index in [2.05, 4.69) is 21.8 Å². The lowest BCUT2D eigenvalue weighted by atomic mass is 10.2. The molecule has 4 nitrogen and oxygen atoms in total. The second kappa shape index (κ2) is 5.85. The van der Waals surface area contributed by atoms with Crippen molar-refractivity contribution < 1.29 is 4.74 Å². The normalized spacial score (nSPS) is 19.6. The highest BCUT2D eigenvalue weighted by atomic mass is 35.5. The first-order chi connectivity index (χ1) is 8.20. The van der Waals surface area contributed by atoms with Crippen LogP contribution in [-0.2, 0) is 4.74 Å². The van der Waals surface area contributed by atoms with Gasteiger partial charge in [0.1, 0.15) is 5.02 Å². The Morgan fingerprint density at radius 2 is 2.35 bits per heavy atom. The molecule has 2 rings (SSSR count). The lowest BCUT2D eigenvalue weighted by molar-refractivity contribution is 0.115. The van der Waals surface area contributed by atoms with E-state index in [1.54, 1.807) is 0 Å². The van der Waals surface area contributed by atoms with Crippen molar-refractivity contribution in [2.75, 3.05) is 24.6 Å². The van der Waals surface area contributed by atoms with Gasteiger partial charge in [0.25, 0.3) is 0 Å². The highest BCUT2D eigenvalue weighted by molar-refractivity contribution is 6.33. The van der Waals surface area contributed by atoms with Crippen molar-refractivity contribution in [3.63, 3.8) is 0 Å². The monoisotopic (exact) mass is 275 g/mol. The van der Waals surface area contributed by atoms with Crippen LogP contribution < -0.4 is 4.90 Å². The number of ether oxygens (including phenoxy) is 1. The maximum atomic E-state index is 6.09.